The molecule has 0 N–H and O–H groups in total. The third-order valence-corrected chi connectivity index (χ3v) is 4.52. The average molecular weight is 403 g/mol. The number of halogens is 3. The van der Waals surface area contributed by atoms with Crippen molar-refractivity contribution in [1.29, 1.82) is 0 Å². The van der Waals surface area contributed by atoms with Gasteiger partial charge in [0, 0.05) is 25.1 Å². The second-order valence-electron chi connectivity index (χ2n) is 4.37. The highest BCUT2D eigenvalue weighted by Gasteiger charge is 2.16. The summed E-state index contributed by atoms with van der Waals surface area (Å²) in [5.74, 6) is -0.00885. The topological polar surface area (TPSA) is 17.1 Å². The Kier molecular flexibility index (Phi) is 4.49. The van der Waals surface area contributed by atoms with Gasteiger partial charge in [-0.1, -0.05) is 43.5 Å². The average Bonchev–Trinajstić information content (AvgIpc) is 2.36. The van der Waals surface area contributed by atoms with Gasteiger partial charge in [-0.05, 0) is 55.3 Å². The van der Waals surface area contributed by atoms with E-state index in [0.29, 0.717) is 16.1 Å². The lowest BCUT2D eigenvalue weighted by Crippen LogP contribution is -2.05. The van der Waals surface area contributed by atoms with Crippen molar-refractivity contribution < 1.29 is 4.79 Å². The van der Waals surface area contributed by atoms with Crippen molar-refractivity contribution in [1.82, 2.24) is 0 Å². The van der Waals surface area contributed by atoms with Crippen LogP contribution in [-0.4, -0.2) is 5.78 Å². The minimum atomic E-state index is -0.00885. The van der Waals surface area contributed by atoms with Crippen molar-refractivity contribution in [3.63, 3.8) is 0 Å². The summed E-state index contributed by atoms with van der Waals surface area (Å²) < 4.78 is 1.66. The molecule has 0 amide bonds. The fourth-order valence-corrected chi connectivity index (χ4v) is 2.85. The maximum Gasteiger partial charge on any atom is 0.194 e. The van der Waals surface area contributed by atoms with Gasteiger partial charge in [0.2, 0.25) is 0 Å². The standard InChI is InChI=1S/C15H11Br2ClO/c1-8-6-14(18)9(2)5-11(8)15(19)12-7-10(16)3-4-13(12)17/h3-7H,1-2H3. The maximum absolute atomic E-state index is 12.6. The molecule has 4 heteroatoms. The second-order valence-corrected chi connectivity index (χ2v) is 6.55. The van der Waals surface area contributed by atoms with Gasteiger partial charge < -0.3 is 0 Å². The molecule has 19 heavy (non-hydrogen) atoms. The van der Waals surface area contributed by atoms with Gasteiger partial charge in [0.15, 0.2) is 5.78 Å². The highest BCUT2D eigenvalue weighted by atomic mass is 79.9. The first kappa shape index (κ1) is 14.8. The lowest BCUT2D eigenvalue weighted by Gasteiger charge is -2.09. The molecule has 0 atom stereocenters. The number of benzene rings is 2. The van der Waals surface area contributed by atoms with Crippen LogP contribution in [0.3, 0.4) is 0 Å². The van der Waals surface area contributed by atoms with E-state index in [9.17, 15) is 4.79 Å². The van der Waals surface area contributed by atoms with E-state index >= 15 is 0 Å². The zero-order chi connectivity index (χ0) is 14.2. The van der Waals surface area contributed by atoms with E-state index in [1.807, 2.05) is 44.2 Å². The molecule has 0 heterocycles. The summed E-state index contributed by atoms with van der Waals surface area (Å²) in [6.07, 6.45) is 0. The molecule has 0 saturated heterocycles. The summed E-state index contributed by atoms with van der Waals surface area (Å²) in [6.45, 7) is 3.79. The predicted molar refractivity (Wildman–Crippen MR) is 86.2 cm³/mol. The zero-order valence-electron chi connectivity index (χ0n) is 10.4. The van der Waals surface area contributed by atoms with Crippen molar-refractivity contribution >= 4 is 49.2 Å². The molecule has 2 rings (SSSR count). The Bertz CT molecular complexity index is 665. The third-order valence-electron chi connectivity index (χ3n) is 2.92. The quantitative estimate of drug-likeness (QED) is 0.588. The Morgan fingerprint density at radius 2 is 1.68 bits per heavy atom. The van der Waals surface area contributed by atoms with Gasteiger partial charge >= 0.3 is 0 Å². The van der Waals surface area contributed by atoms with Crippen LogP contribution in [0.5, 0.6) is 0 Å². The van der Waals surface area contributed by atoms with Crippen LogP contribution in [0.1, 0.15) is 27.0 Å². The van der Waals surface area contributed by atoms with Crippen molar-refractivity contribution in [2.45, 2.75) is 13.8 Å². The third kappa shape index (κ3) is 3.10. The van der Waals surface area contributed by atoms with Crippen LogP contribution >= 0.6 is 43.5 Å². The van der Waals surface area contributed by atoms with Gasteiger partial charge in [-0.15, -0.1) is 0 Å². The molecule has 0 saturated carbocycles. The van der Waals surface area contributed by atoms with E-state index in [4.69, 9.17) is 11.6 Å². The molecule has 0 aromatic heterocycles. The number of carbonyl (C=O) groups excluding carboxylic acids is 1. The van der Waals surface area contributed by atoms with Crippen LogP contribution in [0, 0.1) is 13.8 Å². The van der Waals surface area contributed by atoms with E-state index in [0.717, 1.165) is 20.1 Å². The van der Waals surface area contributed by atoms with E-state index in [-0.39, 0.29) is 5.78 Å². The first-order valence-corrected chi connectivity index (χ1v) is 7.63. The molecule has 98 valence electrons. The van der Waals surface area contributed by atoms with Crippen LogP contribution in [0.2, 0.25) is 5.02 Å². The molecule has 0 spiro atoms. The van der Waals surface area contributed by atoms with Crippen molar-refractivity contribution in [2.24, 2.45) is 0 Å². The van der Waals surface area contributed by atoms with Crippen LogP contribution < -0.4 is 0 Å². The molecule has 1 nitrogen and oxygen atoms in total. The predicted octanol–water partition coefficient (Wildman–Crippen LogP) is 5.71. The molecule has 0 bridgehead atoms. The number of hydrogen-bond donors (Lipinski definition) is 0. The zero-order valence-corrected chi connectivity index (χ0v) is 14.4. The van der Waals surface area contributed by atoms with Crippen molar-refractivity contribution in [2.75, 3.05) is 0 Å². The molecule has 0 radical (unpaired) electrons. The highest BCUT2D eigenvalue weighted by Crippen LogP contribution is 2.27. The first-order valence-electron chi connectivity index (χ1n) is 5.66. The Balaban J connectivity index is 2.56. The van der Waals surface area contributed by atoms with Crippen molar-refractivity contribution in [3.8, 4) is 0 Å². The molecule has 0 unspecified atom stereocenters. The Labute approximate surface area is 134 Å². The van der Waals surface area contributed by atoms with Gasteiger partial charge in [0.25, 0.3) is 0 Å². The fourth-order valence-electron chi connectivity index (χ4n) is 1.84. The molecule has 0 aliphatic rings. The van der Waals surface area contributed by atoms with E-state index in [1.165, 1.54) is 0 Å². The van der Waals surface area contributed by atoms with Gasteiger partial charge in [-0.25, -0.2) is 0 Å². The first-order chi connectivity index (χ1) is 8.90. The molecule has 2 aromatic carbocycles. The van der Waals surface area contributed by atoms with Gasteiger partial charge in [-0.3, -0.25) is 4.79 Å². The molecule has 0 fully saturated rings. The lowest BCUT2D eigenvalue weighted by molar-refractivity contribution is 0.103. The van der Waals surface area contributed by atoms with Crippen LogP contribution in [0.4, 0.5) is 0 Å². The number of rotatable bonds is 2. The monoisotopic (exact) mass is 400 g/mol. The minimum absolute atomic E-state index is 0.00885. The minimum Gasteiger partial charge on any atom is -0.289 e. The van der Waals surface area contributed by atoms with Crippen LogP contribution in [0.25, 0.3) is 0 Å². The molecule has 0 aliphatic heterocycles. The molecule has 2 aromatic rings. The number of ketones is 1. The smallest absolute Gasteiger partial charge is 0.194 e. The van der Waals surface area contributed by atoms with E-state index in [2.05, 4.69) is 31.9 Å². The van der Waals surface area contributed by atoms with Gasteiger partial charge in [-0.2, -0.15) is 0 Å². The van der Waals surface area contributed by atoms with E-state index in [1.54, 1.807) is 0 Å². The largest absolute Gasteiger partial charge is 0.289 e. The Morgan fingerprint density at radius 1 is 1.00 bits per heavy atom. The second kappa shape index (κ2) is 5.78. The van der Waals surface area contributed by atoms with Gasteiger partial charge in [0.1, 0.15) is 0 Å². The summed E-state index contributed by atoms with van der Waals surface area (Å²) in [5.41, 5.74) is 3.11. The Hall–Kier alpha value is -0.640. The van der Waals surface area contributed by atoms with Crippen LogP contribution in [-0.2, 0) is 0 Å². The summed E-state index contributed by atoms with van der Waals surface area (Å²) in [6, 6.07) is 9.23. The van der Waals surface area contributed by atoms with Crippen LogP contribution in [0.15, 0.2) is 39.3 Å². The maximum atomic E-state index is 12.6. The molecular weight excluding hydrogens is 391 g/mol. The van der Waals surface area contributed by atoms with E-state index < -0.39 is 0 Å². The summed E-state index contributed by atoms with van der Waals surface area (Å²) in [4.78, 5) is 12.6. The number of aryl methyl sites for hydroxylation is 2. The number of carbonyl (C=O) groups is 1. The SMILES string of the molecule is Cc1cc(C(=O)c2cc(Br)ccc2Br)c(C)cc1Cl. The lowest BCUT2D eigenvalue weighted by atomic mass is 9.97. The summed E-state index contributed by atoms with van der Waals surface area (Å²) in [7, 11) is 0. The van der Waals surface area contributed by atoms with Gasteiger partial charge in [0.05, 0.1) is 0 Å². The fraction of sp³-hybridized carbons (Fsp3) is 0.133. The Morgan fingerprint density at radius 3 is 2.37 bits per heavy atom. The van der Waals surface area contributed by atoms with Crippen molar-refractivity contribution in [3.05, 3.63) is 66.6 Å². The molecular formula is C15H11Br2ClO. The normalized spacial score (nSPS) is 10.6. The summed E-state index contributed by atoms with van der Waals surface area (Å²) >= 11 is 12.9. The molecule has 0 aliphatic carbocycles. The number of hydrogen-bond acceptors (Lipinski definition) is 1. The summed E-state index contributed by atoms with van der Waals surface area (Å²) in [5, 5.41) is 0.683. The highest BCUT2D eigenvalue weighted by molar-refractivity contribution is 9.11.